The second-order valence-corrected chi connectivity index (χ2v) is 4.83. The Morgan fingerprint density at radius 1 is 1.06 bits per heavy atom. The summed E-state index contributed by atoms with van der Waals surface area (Å²) in [7, 11) is 0. The quantitative estimate of drug-likeness (QED) is 0.879. The minimum absolute atomic E-state index is 0.386. The van der Waals surface area contributed by atoms with Crippen LogP contribution in [0.25, 0.3) is 0 Å². The van der Waals surface area contributed by atoms with Crippen molar-refractivity contribution in [2.75, 3.05) is 5.75 Å². The fourth-order valence-electron chi connectivity index (χ4n) is 1.54. The van der Waals surface area contributed by atoms with Gasteiger partial charge in [0, 0.05) is 23.9 Å². The molecule has 2 nitrogen and oxygen atoms in total. The van der Waals surface area contributed by atoms with Gasteiger partial charge in [-0.1, -0.05) is 30.3 Å². The summed E-state index contributed by atoms with van der Waals surface area (Å²) in [6, 6.07) is 13.8. The van der Waals surface area contributed by atoms with E-state index in [0.29, 0.717) is 5.75 Å². The highest BCUT2D eigenvalue weighted by Gasteiger charge is 2.06. The molecule has 0 radical (unpaired) electrons. The van der Waals surface area contributed by atoms with Crippen molar-refractivity contribution < 1.29 is 5.11 Å². The molecule has 1 atom stereocenters. The van der Waals surface area contributed by atoms with Gasteiger partial charge in [0.2, 0.25) is 0 Å². The van der Waals surface area contributed by atoms with Crippen molar-refractivity contribution in [3.8, 4) is 0 Å². The highest BCUT2D eigenvalue weighted by atomic mass is 32.2. The Labute approximate surface area is 106 Å². The van der Waals surface area contributed by atoms with E-state index >= 15 is 0 Å². The molecule has 1 aromatic heterocycles. The largest absolute Gasteiger partial charge is 0.388 e. The number of aliphatic hydroxyl groups is 1. The molecule has 0 amide bonds. The summed E-state index contributed by atoms with van der Waals surface area (Å²) in [6.45, 7) is 0. The predicted molar refractivity (Wildman–Crippen MR) is 71.8 cm³/mol. The molecular weight excluding hydrogens is 230 g/mol. The van der Waals surface area contributed by atoms with Crippen molar-refractivity contribution in [2.24, 2.45) is 0 Å². The van der Waals surface area contributed by atoms with Crippen molar-refractivity contribution in [1.29, 1.82) is 0 Å². The second kappa shape index (κ2) is 6.42. The standard InChI is InChI=1S/C14H15NOS/c16-14(13-4-2-1-3-5-13)11-17-10-12-6-8-15-9-7-12/h1-9,14,16H,10-11H2. The average molecular weight is 245 g/mol. The summed E-state index contributed by atoms with van der Waals surface area (Å²) in [5.41, 5.74) is 2.22. The average Bonchev–Trinajstić information content (AvgIpc) is 2.41. The van der Waals surface area contributed by atoms with E-state index in [0.717, 1.165) is 11.3 Å². The highest BCUT2D eigenvalue weighted by molar-refractivity contribution is 7.98. The van der Waals surface area contributed by atoms with E-state index in [4.69, 9.17) is 0 Å². The van der Waals surface area contributed by atoms with Crippen LogP contribution in [0, 0.1) is 0 Å². The van der Waals surface area contributed by atoms with Crippen LogP contribution in [0.5, 0.6) is 0 Å². The molecule has 0 bridgehead atoms. The smallest absolute Gasteiger partial charge is 0.0880 e. The maximum absolute atomic E-state index is 9.97. The molecule has 1 heterocycles. The van der Waals surface area contributed by atoms with Gasteiger partial charge in [-0.25, -0.2) is 0 Å². The molecule has 0 saturated carbocycles. The number of hydrogen-bond acceptors (Lipinski definition) is 3. The van der Waals surface area contributed by atoms with Gasteiger partial charge in [-0.15, -0.1) is 0 Å². The Morgan fingerprint density at radius 3 is 2.47 bits per heavy atom. The molecule has 0 saturated heterocycles. The van der Waals surface area contributed by atoms with Gasteiger partial charge in [-0.3, -0.25) is 4.98 Å². The molecule has 1 aromatic carbocycles. The van der Waals surface area contributed by atoms with Gasteiger partial charge in [0.15, 0.2) is 0 Å². The van der Waals surface area contributed by atoms with Crippen LogP contribution in [0.1, 0.15) is 17.2 Å². The molecule has 1 unspecified atom stereocenters. The lowest BCUT2D eigenvalue weighted by Gasteiger charge is -2.10. The van der Waals surface area contributed by atoms with Crippen molar-refractivity contribution in [1.82, 2.24) is 4.98 Å². The van der Waals surface area contributed by atoms with Crippen LogP contribution in [-0.4, -0.2) is 15.8 Å². The fourth-order valence-corrected chi connectivity index (χ4v) is 2.50. The van der Waals surface area contributed by atoms with E-state index in [2.05, 4.69) is 4.98 Å². The predicted octanol–water partition coefficient (Wildman–Crippen LogP) is 3.05. The Morgan fingerprint density at radius 2 is 1.76 bits per heavy atom. The van der Waals surface area contributed by atoms with Gasteiger partial charge in [0.1, 0.15) is 0 Å². The summed E-state index contributed by atoms with van der Waals surface area (Å²) in [6.07, 6.45) is 3.20. The third-order valence-electron chi connectivity index (χ3n) is 2.48. The third-order valence-corrected chi connectivity index (χ3v) is 3.57. The van der Waals surface area contributed by atoms with Crippen molar-refractivity contribution in [2.45, 2.75) is 11.9 Å². The normalized spacial score (nSPS) is 12.3. The minimum atomic E-state index is -0.386. The molecule has 2 aromatic rings. The van der Waals surface area contributed by atoms with Crippen LogP contribution in [0.4, 0.5) is 0 Å². The topological polar surface area (TPSA) is 33.1 Å². The number of hydrogen-bond donors (Lipinski definition) is 1. The first-order chi connectivity index (χ1) is 8.36. The SMILES string of the molecule is OC(CSCc1ccncc1)c1ccccc1. The van der Waals surface area contributed by atoms with Crippen molar-refractivity contribution in [3.63, 3.8) is 0 Å². The Bertz CT molecular complexity index is 432. The van der Waals surface area contributed by atoms with Crippen LogP contribution in [0.3, 0.4) is 0 Å². The number of pyridine rings is 1. The molecule has 0 spiro atoms. The van der Waals surface area contributed by atoms with E-state index in [1.807, 2.05) is 42.5 Å². The maximum atomic E-state index is 9.97. The van der Waals surface area contributed by atoms with Gasteiger partial charge in [-0.05, 0) is 23.3 Å². The number of nitrogens with zero attached hydrogens (tertiary/aromatic N) is 1. The monoisotopic (exact) mass is 245 g/mol. The molecule has 1 N–H and O–H groups in total. The maximum Gasteiger partial charge on any atom is 0.0880 e. The summed E-state index contributed by atoms with van der Waals surface area (Å²) in [4.78, 5) is 3.98. The number of thioether (sulfide) groups is 1. The van der Waals surface area contributed by atoms with Crippen LogP contribution in [-0.2, 0) is 5.75 Å². The lowest BCUT2D eigenvalue weighted by molar-refractivity contribution is 0.204. The van der Waals surface area contributed by atoms with Crippen LogP contribution >= 0.6 is 11.8 Å². The Hall–Kier alpha value is -1.32. The van der Waals surface area contributed by atoms with Crippen molar-refractivity contribution >= 4 is 11.8 Å². The molecule has 0 aliphatic rings. The zero-order chi connectivity index (χ0) is 11.9. The van der Waals surface area contributed by atoms with Gasteiger partial charge in [-0.2, -0.15) is 11.8 Å². The lowest BCUT2D eigenvalue weighted by atomic mass is 10.1. The first-order valence-corrected chi connectivity index (χ1v) is 6.71. The van der Waals surface area contributed by atoms with E-state index in [9.17, 15) is 5.11 Å². The van der Waals surface area contributed by atoms with Gasteiger partial charge in [0.05, 0.1) is 6.10 Å². The van der Waals surface area contributed by atoms with Gasteiger partial charge >= 0.3 is 0 Å². The van der Waals surface area contributed by atoms with Crippen LogP contribution in [0.2, 0.25) is 0 Å². The van der Waals surface area contributed by atoms with Crippen LogP contribution < -0.4 is 0 Å². The van der Waals surface area contributed by atoms with E-state index in [1.165, 1.54) is 5.56 Å². The van der Waals surface area contributed by atoms with Gasteiger partial charge < -0.3 is 5.11 Å². The number of rotatable bonds is 5. The Balaban J connectivity index is 1.79. The van der Waals surface area contributed by atoms with E-state index in [-0.39, 0.29) is 6.10 Å². The van der Waals surface area contributed by atoms with Crippen molar-refractivity contribution in [3.05, 3.63) is 66.0 Å². The molecule has 3 heteroatoms. The molecule has 17 heavy (non-hydrogen) atoms. The minimum Gasteiger partial charge on any atom is -0.388 e. The third kappa shape index (κ3) is 3.88. The zero-order valence-corrected chi connectivity index (χ0v) is 10.3. The number of aliphatic hydroxyl groups excluding tert-OH is 1. The Kier molecular flexibility index (Phi) is 4.59. The first kappa shape index (κ1) is 12.1. The summed E-state index contributed by atoms with van der Waals surface area (Å²) < 4.78 is 0. The molecule has 0 fully saturated rings. The van der Waals surface area contributed by atoms with Crippen LogP contribution in [0.15, 0.2) is 54.9 Å². The molecular formula is C14H15NOS. The summed E-state index contributed by atoms with van der Waals surface area (Å²) in [5.74, 6) is 1.62. The fraction of sp³-hybridized carbons (Fsp3) is 0.214. The first-order valence-electron chi connectivity index (χ1n) is 5.56. The second-order valence-electron chi connectivity index (χ2n) is 3.80. The zero-order valence-electron chi connectivity index (χ0n) is 9.49. The number of aromatic nitrogens is 1. The van der Waals surface area contributed by atoms with E-state index < -0.39 is 0 Å². The molecule has 0 aliphatic heterocycles. The number of benzene rings is 1. The lowest BCUT2D eigenvalue weighted by Crippen LogP contribution is -2.00. The summed E-state index contributed by atoms with van der Waals surface area (Å²) in [5, 5.41) is 9.97. The van der Waals surface area contributed by atoms with Gasteiger partial charge in [0.25, 0.3) is 0 Å². The van der Waals surface area contributed by atoms with E-state index in [1.54, 1.807) is 24.2 Å². The summed E-state index contributed by atoms with van der Waals surface area (Å²) >= 11 is 1.73. The molecule has 2 rings (SSSR count). The highest BCUT2D eigenvalue weighted by Crippen LogP contribution is 2.20. The molecule has 0 aliphatic carbocycles. The molecule has 88 valence electrons.